The van der Waals surface area contributed by atoms with Crippen LogP contribution in [-0.4, -0.2) is 33.3 Å². The molecule has 1 aliphatic rings. The third-order valence-corrected chi connectivity index (χ3v) is 5.23. The number of aromatic nitrogens is 3. The molecule has 30 heavy (non-hydrogen) atoms. The molecule has 0 bridgehead atoms. The van der Waals surface area contributed by atoms with E-state index >= 15 is 0 Å². The zero-order chi connectivity index (χ0) is 20.2. The predicted molar refractivity (Wildman–Crippen MR) is 120 cm³/mol. The van der Waals surface area contributed by atoms with Gasteiger partial charge in [0.2, 0.25) is 0 Å². The van der Waals surface area contributed by atoms with Gasteiger partial charge in [-0.3, -0.25) is 14.3 Å². The van der Waals surface area contributed by atoms with Crippen LogP contribution in [0.5, 0.6) is 0 Å². The molecule has 0 aliphatic carbocycles. The van der Waals surface area contributed by atoms with Crippen molar-refractivity contribution in [2.75, 3.05) is 18.4 Å². The van der Waals surface area contributed by atoms with Gasteiger partial charge in [-0.1, -0.05) is 29.8 Å². The first-order valence-corrected chi connectivity index (χ1v) is 9.92. The van der Waals surface area contributed by atoms with Gasteiger partial charge in [0.1, 0.15) is 5.69 Å². The summed E-state index contributed by atoms with van der Waals surface area (Å²) in [7, 11) is 0. The third-order valence-electron chi connectivity index (χ3n) is 5.23. The Morgan fingerprint density at radius 1 is 1.20 bits per heavy atom. The number of pyridine rings is 1. The molecule has 1 atom stereocenters. The molecule has 0 radical (unpaired) electrons. The summed E-state index contributed by atoms with van der Waals surface area (Å²) >= 11 is 0. The van der Waals surface area contributed by atoms with Gasteiger partial charge in [0.05, 0.1) is 12.6 Å². The molecule has 3 aromatic rings. The van der Waals surface area contributed by atoms with Crippen LogP contribution in [0.3, 0.4) is 0 Å². The first kappa shape index (κ1) is 21.8. The second-order valence-electron chi connectivity index (χ2n) is 7.48. The van der Waals surface area contributed by atoms with E-state index in [0.29, 0.717) is 12.2 Å². The van der Waals surface area contributed by atoms with Crippen molar-refractivity contribution in [3.05, 3.63) is 82.0 Å². The summed E-state index contributed by atoms with van der Waals surface area (Å²) in [6.07, 6.45) is 5.69. The molecule has 8 heteroatoms. The van der Waals surface area contributed by atoms with Gasteiger partial charge in [-0.25, -0.2) is 0 Å². The Morgan fingerprint density at radius 2 is 2.00 bits per heavy atom. The Kier molecular flexibility index (Phi) is 7.07. The molecule has 3 heterocycles. The van der Waals surface area contributed by atoms with Crippen molar-refractivity contribution in [3.63, 3.8) is 0 Å². The summed E-state index contributed by atoms with van der Waals surface area (Å²) in [6, 6.07) is 13.4. The number of nitrogens with zero attached hydrogens (tertiary/aromatic N) is 3. The maximum Gasteiger partial charge on any atom is 0.276 e. The first-order chi connectivity index (χ1) is 14.1. The Bertz CT molecular complexity index is 1050. The maximum atomic E-state index is 12.8. The van der Waals surface area contributed by atoms with Crippen LogP contribution in [-0.2, 0) is 6.54 Å². The summed E-state index contributed by atoms with van der Waals surface area (Å²) in [5, 5.41) is 10.5. The number of piperidine rings is 1. The number of hydrogen-bond donors (Lipinski definition) is 2. The van der Waals surface area contributed by atoms with Crippen LogP contribution in [0.25, 0.3) is 0 Å². The lowest BCUT2D eigenvalue weighted by atomic mass is 10.1. The van der Waals surface area contributed by atoms with Crippen molar-refractivity contribution in [1.29, 1.82) is 0 Å². The highest BCUT2D eigenvalue weighted by molar-refractivity contribution is 6.02. The lowest BCUT2D eigenvalue weighted by Gasteiger charge is -2.22. The van der Waals surface area contributed by atoms with Gasteiger partial charge < -0.3 is 15.2 Å². The molecule has 158 valence electrons. The second-order valence-corrected chi connectivity index (χ2v) is 7.48. The van der Waals surface area contributed by atoms with Crippen LogP contribution >= 0.6 is 12.4 Å². The molecule has 7 nitrogen and oxygen atoms in total. The number of carbonyl (C=O) groups excluding carboxylic acids is 1. The monoisotopic (exact) mass is 427 g/mol. The van der Waals surface area contributed by atoms with Crippen LogP contribution < -0.4 is 16.2 Å². The molecule has 0 spiro atoms. The van der Waals surface area contributed by atoms with Crippen molar-refractivity contribution >= 4 is 24.0 Å². The predicted octanol–water partition coefficient (Wildman–Crippen LogP) is 3.00. The van der Waals surface area contributed by atoms with E-state index in [0.717, 1.165) is 31.5 Å². The van der Waals surface area contributed by atoms with Crippen LogP contribution in [0, 0.1) is 6.92 Å². The number of aryl methyl sites for hydroxylation is 1. The van der Waals surface area contributed by atoms with Crippen molar-refractivity contribution < 1.29 is 4.79 Å². The Morgan fingerprint density at radius 3 is 2.73 bits per heavy atom. The quantitative estimate of drug-likeness (QED) is 0.655. The molecule has 1 aliphatic heterocycles. The van der Waals surface area contributed by atoms with E-state index in [4.69, 9.17) is 0 Å². The zero-order valence-electron chi connectivity index (χ0n) is 16.9. The number of anilines is 1. The summed E-state index contributed by atoms with van der Waals surface area (Å²) < 4.78 is 3.42. The summed E-state index contributed by atoms with van der Waals surface area (Å²) in [5.74, 6) is -0.377. The molecule has 1 fully saturated rings. The molecule has 4 rings (SSSR count). The molecule has 0 saturated carbocycles. The standard InChI is InChI=1S/C22H25N5O2.ClH/c1-16-6-8-17(9-7-16)15-26-12-3-5-20(22(26)29)24-21(28)19-10-13-27(25-19)18-4-2-11-23-14-18;/h3,5-10,12-13,18,23H,2,4,11,14-15H2,1H3,(H,24,28);1H. The average Bonchev–Trinajstić information content (AvgIpc) is 3.24. The fraction of sp³-hybridized carbons (Fsp3) is 0.318. The van der Waals surface area contributed by atoms with Gasteiger partial charge in [0, 0.05) is 18.9 Å². The van der Waals surface area contributed by atoms with Gasteiger partial charge in [-0.05, 0) is 50.1 Å². The molecule has 1 saturated heterocycles. The first-order valence-electron chi connectivity index (χ1n) is 9.92. The lowest BCUT2D eigenvalue weighted by Crippen LogP contribution is -2.32. The Hall–Kier alpha value is -2.90. The minimum atomic E-state index is -0.377. The maximum absolute atomic E-state index is 12.8. The van der Waals surface area contributed by atoms with Gasteiger partial charge in [0.25, 0.3) is 11.5 Å². The van der Waals surface area contributed by atoms with Gasteiger partial charge in [-0.2, -0.15) is 5.10 Å². The fourth-order valence-electron chi connectivity index (χ4n) is 3.55. The number of halogens is 1. The highest BCUT2D eigenvalue weighted by Crippen LogP contribution is 2.16. The number of hydrogen-bond acceptors (Lipinski definition) is 4. The van der Waals surface area contributed by atoms with E-state index in [2.05, 4.69) is 15.7 Å². The van der Waals surface area contributed by atoms with Crippen molar-refractivity contribution in [3.8, 4) is 0 Å². The summed E-state index contributed by atoms with van der Waals surface area (Å²) in [6.45, 7) is 4.35. The fourth-order valence-corrected chi connectivity index (χ4v) is 3.55. The van der Waals surface area contributed by atoms with Crippen LogP contribution in [0.15, 0.2) is 59.7 Å². The number of carbonyl (C=O) groups is 1. The molecular weight excluding hydrogens is 402 g/mol. The van der Waals surface area contributed by atoms with Gasteiger partial charge in [-0.15, -0.1) is 12.4 Å². The number of benzene rings is 1. The largest absolute Gasteiger partial charge is 0.316 e. The summed E-state index contributed by atoms with van der Waals surface area (Å²) in [4.78, 5) is 25.4. The van der Waals surface area contributed by atoms with E-state index in [-0.39, 0.29) is 35.6 Å². The molecular formula is C22H26ClN5O2. The number of rotatable bonds is 5. The lowest BCUT2D eigenvalue weighted by molar-refractivity contribution is 0.102. The smallest absolute Gasteiger partial charge is 0.276 e. The van der Waals surface area contributed by atoms with E-state index < -0.39 is 0 Å². The van der Waals surface area contributed by atoms with Crippen LogP contribution in [0.2, 0.25) is 0 Å². The molecule has 2 N–H and O–H groups in total. The normalized spacial score (nSPS) is 16.0. The number of nitrogens with one attached hydrogen (secondary N) is 2. The molecule has 1 amide bonds. The van der Waals surface area contributed by atoms with Gasteiger partial charge in [0.15, 0.2) is 5.69 Å². The molecule has 1 aromatic carbocycles. The van der Waals surface area contributed by atoms with Crippen LogP contribution in [0.4, 0.5) is 5.69 Å². The molecule has 1 unspecified atom stereocenters. The minimum absolute atomic E-state index is 0. The third kappa shape index (κ3) is 4.98. The summed E-state index contributed by atoms with van der Waals surface area (Å²) in [5.41, 5.74) is 2.52. The topological polar surface area (TPSA) is 81.0 Å². The van der Waals surface area contributed by atoms with Crippen molar-refractivity contribution in [2.45, 2.75) is 32.4 Å². The zero-order valence-corrected chi connectivity index (χ0v) is 17.7. The number of amides is 1. The molecule has 2 aromatic heterocycles. The Labute approximate surface area is 181 Å². The Balaban J connectivity index is 0.00000256. The van der Waals surface area contributed by atoms with Crippen molar-refractivity contribution in [1.82, 2.24) is 19.7 Å². The minimum Gasteiger partial charge on any atom is -0.316 e. The SMILES string of the molecule is Cc1ccc(Cn2cccc(NC(=O)c3ccn(C4CCCNC4)n3)c2=O)cc1.Cl. The van der Waals surface area contributed by atoms with Gasteiger partial charge >= 0.3 is 0 Å². The van der Waals surface area contributed by atoms with Crippen LogP contribution in [0.1, 0.15) is 40.5 Å². The highest BCUT2D eigenvalue weighted by atomic mass is 35.5. The van der Waals surface area contributed by atoms with E-state index in [1.807, 2.05) is 42.1 Å². The van der Waals surface area contributed by atoms with E-state index in [1.165, 1.54) is 5.56 Å². The second kappa shape index (κ2) is 9.73. The van der Waals surface area contributed by atoms with E-state index in [1.54, 1.807) is 29.0 Å². The van der Waals surface area contributed by atoms with Crippen molar-refractivity contribution in [2.24, 2.45) is 0 Å². The van der Waals surface area contributed by atoms with E-state index in [9.17, 15) is 9.59 Å². The average molecular weight is 428 g/mol. The highest BCUT2D eigenvalue weighted by Gasteiger charge is 2.18.